The van der Waals surface area contributed by atoms with Gasteiger partial charge in [0.25, 0.3) is 0 Å². The summed E-state index contributed by atoms with van der Waals surface area (Å²) in [7, 11) is 0. The minimum atomic E-state index is 1.24. The number of unbranched alkanes of at least 4 members (excludes halogenated alkanes) is 2. The third kappa shape index (κ3) is 1.31. The Morgan fingerprint density at radius 3 is 2.75 bits per heavy atom. The van der Waals surface area contributed by atoms with Gasteiger partial charge in [-0.3, -0.25) is 0 Å². The molecule has 1 heteroatoms. The van der Waals surface area contributed by atoms with Gasteiger partial charge in [0.05, 0.1) is 0 Å². The van der Waals surface area contributed by atoms with Crippen LogP contribution in [0.25, 0.3) is 11.0 Å². The van der Waals surface area contributed by atoms with Crippen molar-refractivity contribution in [3.8, 4) is 0 Å². The van der Waals surface area contributed by atoms with Gasteiger partial charge in [0.2, 0.25) is 0 Å². The lowest BCUT2D eigenvalue weighted by atomic mass is 10.1. The van der Waals surface area contributed by atoms with Gasteiger partial charge in [0.15, 0.2) is 0 Å². The molecule has 2 heterocycles. The van der Waals surface area contributed by atoms with Crippen LogP contribution in [0.5, 0.6) is 0 Å². The summed E-state index contributed by atoms with van der Waals surface area (Å²) in [6.45, 7) is 2.25. The predicted octanol–water partition coefficient (Wildman–Crippen LogP) is 3.34. The lowest BCUT2D eigenvalue weighted by molar-refractivity contribution is 0.720. The number of aromatic amines is 1. The van der Waals surface area contributed by atoms with Gasteiger partial charge < -0.3 is 4.98 Å². The topological polar surface area (TPSA) is 15.8 Å². The third-order valence-corrected chi connectivity index (χ3v) is 2.43. The number of H-pyrrole nitrogens is 1. The van der Waals surface area contributed by atoms with Crippen molar-refractivity contribution in [2.24, 2.45) is 0 Å². The molecule has 0 unspecified atom stereocenters. The SMILES string of the molecule is CCCCCc1cc2ccc1[nH]2. The molecule has 0 aromatic carbocycles. The molecular formula is C11H15N. The second kappa shape index (κ2) is 3.18. The average Bonchev–Trinajstić information content (AvgIpc) is 2.65. The van der Waals surface area contributed by atoms with Gasteiger partial charge in [-0.2, -0.15) is 0 Å². The number of aryl methyl sites for hydroxylation is 1. The maximum absolute atomic E-state index is 3.33. The Balaban J connectivity index is 1.99. The fraction of sp³-hybridized carbons (Fsp3) is 0.455. The lowest BCUT2D eigenvalue weighted by Gasteiger charge is -1.97. The molecule has 2 bridgehead atoms. The molecule has 0 saturated carbocycles. The molecule has 2 aromatic heterocycles. The fourth-order valence-corrected chi connectivity index (χ4v) is 1.72. The molecule has 0 fully saturated rings. The summed E-state index contributed by atoms with van der Waals surface area (Å²) in [5.41, 5.74) is 4.11. The quantitative estimate of drug-likeness (QED) is 0.662. The van der Waals surface area contributed by atoms with Crippen molar-refractivity contribution in [3.05, 3.63) is 23.8 Å². The van der Waals surface area contributed by atoms with E-state index in [4.69, 9.17) is 0 Å². The van der Waals surface area contributed by atoms with Crippen molar-refractivity contribution in [1.82, 2.24) is 4.98 Å². The van der Waals surface area contributed by atoms with Crippen molar-refractivity contribution in [2.75, 3.05) is 0 Å². The lowest BCUT2D eigenvalue weighted by Crippen LogP contribution is -1.82. The molecule has 0 aliphatic carbocycles. The zero-order valence-electron chi connectivity index (χ0n) is 7.56. The number of hydrogen-bond acceptors (Lipinski definition) is 0. The molecule has 0 saturated heterocycles. The number of hydrogen-bond donors (Lipinski definition) is 1. The molecule has 1 nitrogen and oxygen atoms in total. The second-order valence-electron chi connectivity index (χ2n) is 3.45. The number of fused-ring (bicyclic) bond motifs is 2. The van der Waals surface area contributed by atoms with E-state index in [0.717, 1.165) is 0 Å². The summed E-state index contributed by atoms with van der Waals surface area (Å²) >= 11 is 0. The smallest absolute Gasteiger partial charge is 0.0418 e. The molecule has 64 valence electrons. The van der Waals surface area contributed by atoms with E-state index in [2.05, 4.69) is 30.1 Å². The minimum Gasteiger partial charge on any atom is -0.355 e. The van der Waals surface area contributed by atoms with E-state index in [0.29, 0.717) is 0 Å². The maximum atomic E-state index is 3.33. The first kappa shape index (κ1) is 7.66. The van der Waals surface area contributed by atoms with E-state index in [1.54, 1.807) is 0 Å². The van der Waals surface area contributed by atoms with E-state index < -0.39 is 0 Å². The van der Waals surface area contributed by atoms with E-state index in [-0.39, 0.29) is 0 Å². The van der Waals surface area contributed by atoms with Gasteiger partial charge in [-0.05, 0) is 36.6 Å². The van der Waals surface area contributed by atoms with E-state index in [1.807, 2.05) is 0 Å². The molecule has 1 N–H and O–H groups in total. The largest absolute Gasteiger partial charge is 0.355 e. The number of rotatable bonds is 4. The van der Waals surface area contributed by atoms with Crippen LogP contribution in [0.15, 0.2) is 18.2 Å². The van der Waals surface area contributed by atoms with Crippen LogP contribution in [0, 0.1) is 0 Å². The maximum Gasteiger partial charge on any atom is 0.0418 e. The molecular weight excluding hydrogens is 146 g/mol. The molecule has 0 spiro atoms. The van der Waals surface area contributed by atoms with Crippen LogP contribution >= 0.6 is 0 Å². The monoisotopic (exact) mass is 161 g/mol. The van der Waals surface area contributed by atoms with Crippen molar-refractivity contribution in [3.63, 3.8) is 0 Å². The highest BCUT2D eigenvalue weighted by Gasteiger charge is 2.02. The summed E-state index contributed by atoms with van der Waals surface area (Å²) in [5.74, 6) is 0. The summed E-state index contributed by atoms with van der Waals surface area (Å²) < 4.78 is 0. The molecule has 12 heavy (non-hydrogen) atoms. The molecule has 0 aliphatic rings. The highest BCUT2D eigenvalue weighted by atomic mass is 14.7. The molecule has 0 radical (unpaired) electrons. The van der Waals surface area contributed by atoms with Crippen molar-refractivity contribution in [1.29, 1.82) is 0 Å². The predicted molar refractivity (Wildman–Crippen MR) is 52.7 cm³/mol. The Labute approximate surface area is 73.1 Å². The zero-order valence-corrected chi connectivity index (χ0v) is 7.56. The normalized spacial score (nSPS) is 11.4. The summed E-state index contributed by atoms with van der Waals surface area (Å²) in [4.78, 5) is 3.33. The molecule has 2 aromatic rings. The summed E-state index contributed by atoms with van der Waals surface area (Å²) in [6.07, 6.45) is 5.23. The van der Waals surface area contributed by atoms with Gasteiger partial charge in [0, 0.05) is 11.0 Å². The Kier molecular flexibility index (Phi) is 2.03. The number of benzene rings is 1. The molecule has 0 aliphatic heterocycles. The van der Waals surface area contributed by atoms with Crippen molar-refractivity contribution >= 4 is 11.0 Å². The van der Waals surface area contributed by atoms with Crippen LogP contribution in [0.3, 0.4) is 0 Å². The number of nitrogens with one attached hydrogen (secondary N) is 1. The van der Waals surface area contributed by atoms with Crippen LogP contribution in [-0.4, -0.2) is 4.98 Å². The fourth-order valence-electron chi connectivity index (χ4n) is 1.72. The Morgan fingerprint density at radius 1 is 1.25 bits per heavy atom. The first-order chi connectivity index (χ1) is 5.90. The molecule has 0 atom stereocenters. The van der Waals surface area contributed by atoms with Crippen molar-refractivity contribution < 1.29 is 0 Å². The van der Waals surface area contributed by atoms with E-state index in [1.165, 1.54) is 42.3 Å². The molecule has 2 rings (SSSR count). The zero-order chi connectivity index (χ0) is 8.39. The molecule has 0 amide bonds. The second-order valence-corrected chi connectivity index (χ2v) is 3.45. The van der Waals surface area contributed by atoms with Crippen LogP contribution in [0.1, 0.15) is 31.7 Å². The van der Waals surface area contributed by atoms with Gasteiger partial charge in [0.1, 0.15) is 0 Å². The van der Waals surface area contributed by atoms with E-state index >= 15 is 0 Å². The van der Waals surface area contributed by atoms with E-state index in [9.17, 15) is 0 Å². The van der Waals surface area contributed by atoms with Gasteiger partial charge >= 0.3 is 0 Å². The Hall–Kier alpha value is -0.980. The minimum absolute atomic E-state index is 1.24. The van der Waals surface area contributed by atoms with Crippen LogP contribution in [-0.2, 0) is 6.42 Å². The van der Waals surface area contributed by atoms with Crippen LogP contribution < -0.4 is 0 Å². The highest BCUT2D eigenvalue weighted by molar-refractivity contribution is 5.70. The summed E-state index contributed by atoms with van der Waals surface area (Å²) in [6, 6.07) is 6.58. The number of aromatic nitrogens is 1. The van der Waals surface area contributed by atoms with Gasteiger partial charge in [-0.1, -0.05) is 19.8 Å². The van der Waals surface area contributed by atoms with Crippen LogP contribution in [0.2, 0.25) is 0 Å². The van der Waals surface area contributed by atoms with Gasteiger partial charge in [-0.15, -0.1) is 0 Å². The highest BCUT2D eigenvalue weighted by Crippen LogP contribution is 2.19. The van der Waals surface area contributed by atoms with Crippen LogP contribution in [0.4, 0.5) is 0 Å². The third-order valence-electron chi connectivity index (χ3n) is 2.43. The Bertz CT molecular complexity index is 334. The summed E-state index contributed by atoms with van der Waals surface area (Å²) in [5, 5.41) is 0. The van der Waals surface area contributed by atoms with Crippen molar-refractivity contribution in [2.45, 2.75) is 32.6 Å². The average molecular weight is 161 g/mol. The first-order valence-corrected chi connectivity index (χ1v) is 4.80. The Morgan fingerprint density at radius 2 is 2.17 bits per heavy atom. The standard InChI is InChI=1S/C11H15N/c1-2-3-4-5-9-8-10-6-7-11(9)12-10/h6-8,12H,2-5H2,1H3. The van der Waals surface area contributed by atoms with Gasteiger partial charge in [-0.25, -0.2) is 0 Å². The first-order valence-electron chi connectivity index (χ1n) is 4.80.